The van der Waals surface area contributed by atoms with Gasteiger partial charge in [-0.15, -0.1) is 0 Å². The number of hydrogen-bond acceptors (Lipinski definition) is 3. The molecule has 0 spiro atoms. The summed E-state index contributed by atoms with van der Waals surface area (Å²) >= 11 is 0. The topological polar surface area (TPSA) is 30.5 Å². The van der Waals surface area contributed by atoms with E-state index >= 15 is 0 Å². The van der Waals surface area contributed by atoms with Crippen LogP contribution in [0.15, 0.2) is 24.3 Å². The highest BCUT2D eigenvalue weighted by atomic mass is 19.1. The summed E-state index contributed by atoms with van der Waals surface area (Å²) < 4.78 is 23.4. The first kappa shape index (κ1) is 14.1. The van der Waals surface area contributed by atoms with Gasteiger partial charge in [-0.25, -0.2) is 4.39 Å². The van der Waals surface area contributed by atoms with E-state index in [0.29, 0.717) is 0 Å². The van der Waals surface area contributed by atoms with Gasteiger partial charge in [-0.2, -0.15) is 0 Å². The first-order valence-corrected chi connectivity index (χ1v) is 5.65. The first-order chi connectivity index (χ1) is 8.08. The van der Waals surface area contributed by atoms with Crippen molar-refractivity contribution >= 4 is 0 Å². The van der Waals surface area contributed by atoms with Crippen molar-refractivity contribution in [2.75, 3.05) is 14.2 Å². The molecule has 0 aliphatic rings. The Hall–Kier alpha value is -0.970. The molecule has 0 saturated heterocycles. The Bertz CT molecular complexity index is 342. The van der Waals surface area contributed by atoms with Gasteiger partial charge in [0.15, 0.2) is 6.29 Å². The Balaban J connectivity index is 2.62. The average molecular weight is 241 g/mol. The molecule has 0 aliphatic carbocycles. The predicted octanol–water partition coefficient (Wildman–Crippen LogP) is 2.48. The van der Waals surface area contributed by atoms with Gasteiger partial charge in [0.05, 0.1) is 6.04 Å². The number of methoxy groups -OCH3 is 2. The van der Waals surface area contributed by atoms with Gasteiger partial charge in [-0.1, -0.05) is 12.1 Å². The van der Waals surface area contributed by atoms with Crippen LogP contribution >= 0.6 is 0 Å². The van der Waals surface area contributed by atoms with Gasteiger partial charge in [0, 0.05) is 20.3 Å². The molecule has 1 aromatic carbocycles. The molecule has 3 nitrogen and oxygen atoms in total. The molecule has 2 atom stereocenters. The lowest BCUT2D eigenvalue weighted by atomic mass is 10.1. The second-order valence-corrected chi connectivity index (χ2v) is 4.07. The fourth-order valence-corrected chi connectivity index (χ4v) is 1.85. The van der Waals surface area contributed by atoms with E-state index in [0.717, 1.165) is 5.56 Å². The summed E-state index contributed by atoms with van der Waals surface area (Å²) in [6.45, 7) is 3.95. The molecule has 0 heterocycles. The Kier molecular flexibility index (Phi) is 5.55. The van der Waals surface area contributed by atoms with Crippen molar-refractivity contribution in [3.8, 4) is 0 Å². The van der Waals surface area contributed by atoms with Gasteiger partial charge in [0.1, 0.15) is 5.82 Å². The minimum absolute atomic E-state index is 0.0169. The van der Waals surface area contributed by atoms with Crippen molar-refractivity contribution in [2.45, 2.75) is 32.2 Å². The normalized spacial score (nSPS) is 14.9. The SMILES string of the molecule is COC(OC)C(C)NC(C)c1cccc(F)c1. The zero-order chi connectivity index (χ0) is 12.8. The molecule has 0 aromatic heterocycles. The molecule has 1 aromatic rings. The lowest BCUT2D eigenvalue weighted by molar-refractivity contribution is -0.120. The minimum atomic E-state index is -0.314. The number of nitrogens with one attached hydrogen (secondary N) is 1. The van der Waals surface area contributed by atoms with Crippen LogP contribution in [-0.2, 0) is 9.47 Å². The third-order valence-corrected chi connectivity index (χ3v) is 2.73. The fraction of sp³-hybridized carbons (Fsp3) is 0.538. The number of ether oxygens (including phenoxy) is 2. The van der Waals surface area contributed by atoms with Crippen LogP contribution in [0.25, 0.3) is 0 Å². The second kappa shape index (κ2) is 6.69. The molecule has 96 valence electrons. The number of rotatable bonds is 6. The van der Waals surface area contributed by atoms with Crippen molar-refractivity contribution in [1.82, 2.24) is 5.32 Å². The highest BCUT2D eigenvalue weighted by Crippen LogP contribution is 2.15. The summed E-state index contributed by atoms with van der Waals surface area (Å²) in [6.07, 6.45) is -0.314. The molecular weight excluding hydrogens is 221 g/mol. The Labute approximate surface area is 102 Å². The van der Waals surface area contributed by atoms with Crippen molar-refractivity contribution in [1.29, 1.82) is 0 Å². The van der Waals surface area contributed by atoms with E-state index in [9.17, 15) is 4.39 Å². The smallest absolute Gasteiger partial charge is 0.171 e. The second-order valence-electron chi connectivity index (χ2n) is 4.07. The Morgan fingerprint density at radius 2 is 1.82 bits per heavy atom. The van der Waals surface area contributed by atoms with Crippen LogP contribution in [0.1, 0.15) is 25.5 Å². The summed E-state index contributed by atoms with van der Waals surface area (Å²) in [4.78, 5) is 0. The van der Waals surface area contributed by atoms with Gasteiger partial charge >= 0.3 is 0 Å². The molecular formula is C13H20FNO2. The van der Waals surface area contributed by atoms with E-state index in [1.165, 1.54) is 12.1 Å². The number of benzene rings is 1. The van der Waals surface area contributed by atoms with Crippen LogP contribution in [0.4, 0.5) is 4.39 Å². The molecule has 0 aliphatic heterocycles. The molecule has 1 N–H and O–H groups in total. The van der Waals surface area contributed by atoms with Crippen LogP contribution in [0.2, 0.25) is 0 Å². The van der Waals surface area contributed by atoms with E-state index in [-0.39, 0.29) is 24.2 Å². The minimum Gasteiger partial charge on any atom is -0.354 e. The molecule has 0 saturated carbocycles. The quantitative estimate of drug-likeness (QED) is 0.776. The van der Waals surface area contributed by atoms with Crippen molar-refractivity contribution in [3.63, 3.8) is 0 Å². The van der Waals surface area contributed by atoms with E-state index in [1.54, 1.807) is 20.3 Å². The van der Waals surface area contributed by atoms with E-state index in [2.05, 4.69) is 5.32 Å². The van der Waals surface area contributed by atoms with E-state index < -0.39 is 0 Å². The van der Waals surface area contributed by atoms with Gasteiger partial charge in [-0.05, 0) is 31.5 Å². The summed E-state index contributed by atoms with van der Waals surface area (Å²) in [7, 11) is 3.19. The van der Waals surface area contributed by atoms with Crippen LogP contribution < -0.4 is 5.32 Å². The highest BCUT2D eigenvalue weighted by molar-refractivity contribution is 5.19. The molecule has 17 heavy (non-hydrogen) atoms. The molecule has 4 heteroatoms. The molecule has 0 bridgehead atoms. The van der Waals surface area contributed by atoms with Gasteiger partial charge in [0.2, 0.25) is 0 Å². The maximum absolute atomic E-state index is 13.1. The van der Waals surface area contributed by atoms with Crippen LogP contribution in [-0.4, -0.2) is 26.6 Å². The van der Waals surface area contributed by atoms with Crippen LogP contribution in [0, 0.1) is 5.82 Å². The standard InChI is InChI=1S/C13H20FNO2/c1-9(11-6-5-7-12(14)8-11)15-10(2)13(16-3)17-4/h5-10,13,15H,1-4H3. The first-order valence-electron chi connectivity index (χ1n) is 5.65. The summed E-state index contributed by atoms with van der Waals surface area (Å²) in [5, 5.41) is 3.31. The highest BCUT2D eigenvalue weighted by Gasteiger charge is 2.18. The third-order valence-electron chi connectivity index (χ3n) is 2.73. The Morgan fingerprint density at radius 3 is 2.35 bits per heavy atom. The lowest BCUT2D eigenvalue weighted by Crippen LogP contribution is -2.40. The Morgan fingerprint density at radius 1 is 1.18 bits per heavy atom. The van der Waals surface area contributed by atoms with Crippen molar-refractivity contribution < 1.29 is 13.9 Å². The molecule has 1 rings (SSSR count). The zero-order valence-corrected chi connectivity index (χ0v) is 10.7. The summed E-state index contributed by atoms with van der Waals surface area (Å²) in [5.74, 6) is -0.223. The summed E-state index contributed by atoms with van der Waals surface area (Å²) in [5.41, 5.74) is 0.905. The fourth-order valence-electron chi connectivity index (χ4n) is 1.85. The van der Waals surface area contributed by atoms with E-state index in [1.807, 2.05) is 19.9 Å². The monoisotopic (exact) mass is 241 g/mol. The van der Waals surface area contributed by atoms with Crippen molar-refractivity contribution in [2.24, 2.45) is 0 Å². The number of hydrogen-bond donors (Lipinski definition) is 1. The predicted molar refractivity (Wildman–Crippen MR) is 65.2 cm³/mol. The number of halogens is 1. The van der Waals surface area contributed by atoms with Crippen LogP contribution in [0.3, 0.4) is 0 Å². The van der Waals surface area contributed by atoms with Gasteiger partial charge in [-0.3, -0.25) is 0 Å². The summed E-state index contributed by atoms with van der Waals surface area (Å²) in [6, 6.07) is 6.61. The van der Waals surface area contributed by atoms with Gasteiger partial charge in [0.25, 0.3) is 0 Å². The molecule has 2 unspecified atom stereocenters. The van der Waals surface area contributed by atoms with Crippen LogP contribution in [0.5, 0.6) is 0 Å². The average Bonchev–Trinajstić information content (AvgIpc) is 2.30. The van der Waals surface area contributed by atoms with Crippen molar-refractivity contribution in [3.05, 3.63) is 35.6 Å². The molecule has 0 radical (unpaired) electrons. The van der Waals surface area contributed by atoms with Gasteiger partial charge < -0.3 is 14.8 Å². The molecule has 0 amide bonds. The lowest BCUT2D eigenvalue weighted by Gasteiger charge is -2.26. The zero-order valence-electron chi connectivity index (χ0n) is 10.7. The molecule has 0 fully saturated rings. The largest absolute Gasteiger partial charge is 0.354 e. The van der Waals surface area contributed by atoms with E-state index in [4.69, 9.17) is 9.47 Å². The third kappa shape index (κ3) is 4.07. The maximum Gasteiger partial charge on any atom is 0.171 e. The maximum atomic E-state index is 13.1.